The number of halogens is 2. The minimum absolute atomic E-state index is 0.154. The van der Waals surface area contributed by atoms with Gasteiger partial charge in [0.05, 0.1) is 31.4 Å². The highest BCUT2D eigenvalue weighted by molar-refractivity contribution is 6.07. The van der Waals surface area contributed by atoms with Crippen LogP contribution in [0, 0.1) is 5.82 Å². The number of aromatic nitrogens is 2. The Labute approximate surface area is 293 Å². The number of urea groups is 1. The molecule has 1 spiro atoms. The maximum absolute atomic E-state index is 15.2. The molecule has 1 aromatic heterocycles. The number of benzene rings is 2. The topological polar surface area (TPSA) is 138 Å². The van der Waals surface area contributed by atoms with Gasteiger partial charge in [0.25, 0.3) is 5.91 Å². The number of anilines is 2. The number of rotatable bonds is 7. The van der Waals surface area contributed by atoms with E-state index in [1.54, 1.807) is 18.2 Å². The van der Waals surface area contributed by atoms with Gasteiger partial charge < -0.3 is 29.3 Å². The van der Waals surface area contributed by atoms with Gasteiger partial charge in [0, 0.05) is 48.8 Å². The van der Waals surface area contributed by atoms with Crippen LogP contribution < -0.4 is 29.9 Å². The summed E-state index contributed by atoms with van der Waals surface area (Å²) in [5.41, 5.74) is 1.32. The number of nitrogens with zero attached hydrogens (tertiary/aromatic N) is 5. The Morgan fingerprint density at radius 1 is 1.10 bits per heavy atom. The summed E-state index contributed by atoms with van der Waals surface area (Å²) in [5, 5.41) is 6.66. The van der Waals surface area contributed by atoms with E-state index in [4.69, 9.17) is 24.2 Å². The maximum Gasteiger partial charge on any atom is 0.513 e. The first-order valence-electron chi connectivity index (χ1n) is 17.7. The van der Waals surface area contributed by atoms with E-state index >= 15 is 4.39 Å². The number of alkyl halides is 1. The summed E-state index contributed by atoms with van der Waals surface area (Å²) < 4.78 is 46.4. The molecule has 2 N–H and O–H groups in total. The smallest absolute Gasteiger partial charge is 0.461 e. The first-order valence-corrected chi connectivity index (χ1v) is 17.7. The number of hydrogen-bond donors (Lipinski definition) is 2. The first kappa shape index (κ1) is 33.4. The van der Waals surface area contributed by atoms with Crippen molar-refractivity contribution in [3.63, 3.8) is 0 Å². The molecule has 5 aliphatic heterocycles. The maximum atomic E-state index is 15.2. The molecule has 8 rings (SSSR count). The number of carbonyl (C=O) groups excluding carboxylic acids is 3. The number of aryl methyl sites for hydroxylation is 1. The van der Waals surface area contributed by atoms with Crippen molar-refractivity contribution in [3.05, 3.63) is 46.9 Å². The van der Waals surface area contributed by atoms with Crippen LogP contribution in [0.1, 0.15) is 55.8 Å². The average molecular weight is 706 g/mol. The molecule has 0 unspecified atom stereocenters. The Morgan fingerprint density at radius 2 is 1.94 bits per heavy atom. The number of fused-ring (bicyclic) bond motifs is 3. The van der Waals surface area contributed by atoms with Crippen LogP contribution in [0.2, 0.25) is 0 Å². The quantitative estimate of drug-likeness (QED) is 0.208. The number of nitrogens with one attached hydrogen (secondary N) is 2. The van der Waals surface area contributed by atoms with Gasteiger partial charge in [-0.1, -0.05) is 13.0 Å². The predicted molar refractivity (Wildman–Crippen MR) is 183 cm³/mol. The molecule has 3 amide bonds. The number of piperidine rings is 1. The lowest BCUT2D eigenvalue weighted by molar-refractivity contribution is -0.124. The number of carbonyl (C=O) groups is 3. The van der Waals surface area contributed by atoms with Gasteiger partial charge in [0.1, 0.15) is 35.7 Å². The van der Waals surface area contributed by atoms with E-state index in [0.29, 0.717) is 91.8 Å². The zero-order chi connectivity index (χ0) is 35.5. The molecule has 0 aliphatic carbocycles. The standard InChI is InChI=1S/C36H41F2N7O6/c1-3-24-26(38)7-6-21-14-23(51-34(48)49-2)15-28(29(21)24)43-13-8-25-27(18-43)39-33(50-20-35-9-4-12-45(35)17-22(37)16-35)40-30(25)44-11-5-10-36(19-44)31(46)41-32(47)42-36/h6-7,14-15,22H,3-5,8-13,16-20H2,1-2H3,(H2,41,42,46,47)/t22-,35+,36-/m1/s1. The van der Waals surface area contributed by atoms with E-state index in [1.165, 1.54) is 13.2 Å². The molecule has 51 heavy (non-hydrogen) atoms. The molecule has 13 nitrogen and oxygen atoms in total. The van der Waals surface area contributed by atoms with Crippen molar-refractivity contribution in [3.8, 4) is 11.8 Å². The molecule has 0 saturated carbocycles. The van der Waals surface area contributed by atoms with E-state index in [9.17, 15) is 18.8 Å². The molecular formula is C36H41F2N7O6. The van der Waals surface area contributed by atoms with Gasteiger partial charge in [-0.25, -0.2) is 18.4 Å². The van der Waals surface area contributed by atoms with Gasteiger partial charge >= 0.3 is 18.2 Å². The average Bonchev–Trinajstić information content (AvgIpc) is 3.74. The van der Waals surface area contributed by atoms with Crippen LogP contribution in [-0.2, 0) is 28.9 Å². The second-order valence-corrected chi connectivity index (χ2v) is 14.3. The lowest BCUT2D eigenvalue weighted by Crippen LogP contribution is -2.59. The lowest BCUT2D eigenvalue weighted by atomic mass is 9.88. The summed E-state index contributed by atoms with van der Waals surface area (Å²) in [4.78, 5) is 53.5. The molecule has 270 valence electrons. The lowest BCUT2D eigenvalue weighted by Gasteiger charge is -2.40. The fraction of sp³-hybridized carbons (Fsp3) is 0.528. The summed E-state index contributed by atoms with van der Waals surface area (Å²) in [7, 11) is 1.23. The van der Waals surface area contributed by atoms with Gasteiger partial charge in [-0.2, -0.15) is 9.97 Å². The number of methoxy groups -OCH3 is 1. The Morgan fingerprint density at radius 3 is 2.73 bits per heavy atom. The highest BCUT2D eigenvalue weighted by atomic mass is 19.1. The van der Waals surface area contributed by atoms with Gasteiger partial charge in [-0.05, 0) is 68.2 Å². The summed E-state index contributed by atoms with van der Waals surface area (Å²) in [6.07, 6.45) is 2.52. The van der Waals surface area contributed by atoms with Gasteiger partial charge in [-0.3, -0.25) is 15.0 Å². The SMILES string of the molecule is CCc1c(F)ccc2cc(OC(=O)OC)cc(N3CCc4c(nc(OC[C@@]56CCCN5C[C@H](F)C6)nc4N4CCC[C@]5(C4)NC(=O)NC5=O)C3)c12. The van der Waals surface area contributed by atoms with Crippen LogP contribution in [0.25, 0.3) is 10.8 Å². The molecule has 4 saturated heterocycles. The molecule has 5 aliphatic rings. The Hall–Kier alpha value is -4.79. The van der Waals surface area contributed by atoms with Crippen LogP contribution >= 0.6 is 0 Å². The zero-order valence-electron chi connectivity index (χ0n) is 28.7. The van der Waals surface area contributed by atoms with Crippen molar-refractivity contribution in [1.29, 1.82) is 0 Å². The fourth-order valence-electron chi connectivity index (χ4n) is 8.88. The Kier molecular flexibility index (Phi) is 8.35. The van der Waals surface area contributed by atoms with Crippen molar-refractivity contribution < 1.29 is 37.4 Å². The predicted octanol–water partition coefficient (Wildman–Crippen LogP) is 4.17. The van der Waals surface area contributed by atoms with Crippen LogP contribution in [0.15, 0.2) is 24.3 Å². The largest absolute Gasteiger partial charge is 0.513 e. The molecule has 4 fully saturated rings. The third kappa shape index (κ3) is 5.84. The number of amides is 3. The van der Waals surface area contributed by atoms with E-state index in [2.05, 4.69) is 20.4 Å². The molecule has 0 bridgehead atoms. The number of hydrogen-bond acceptors (Lipinski definition) is 11. The molecule has 15 heteroatoms. The highest BCUT2D eigenvalue weighted by Gasteiger charge is 2.51. The van der Waals surface area contributed by atoms with Crippen molar-refractivity contribution in [2.45, 2.75) is 75.7 Å². The summed E-state index contributed by atoms with van der Waals surface area (Å²) >= 11 is 0. The minimum atomic E-state index is -1.07. The van der Waals surface area contributed by atoms with Crippen molar-refractivity contribution >= 4 is 40.4 Å². The third-order valence-electron chi connectivity index (χ3n) is 11.2. The van der Waals surface area contributed by atoms with E-state index < -0.39 is 29.4 Å². The second-order valence-electron chi connectivity index (χ2n) is 14.3. The Balaban J connectivity index is 1.18. The summed E-state index contributed by atoms with van der Waals surface area (Å²) in [6, 6.07) is 6.14. The molecular weight excluding hydrogens is 664 g/mol. The van der Waals surface area contributed by atoms with E-state index in [-0.39, 0.29) is 36.6 Å². The van der Waals surface area contributed by atoms with Crippen LogP contribution in [0.3, 0.4) is 0 Å². The normalized spacial score (nSPS) is 25.9. The van der Waals surface area contributed by atoms with Crippen molar-refractivity contribution in [2.75, 3.05) is 56.2 Å². The first-order chi connectivity index (χ1) is 24.6. The molecule has 0 radical (unpaired) electrons. The van der Waals surface area contributed by atoms with Gasteiger partial charge in [-0.15, -0.1) is 0 Å². The molecule has 6 heterocycles. The minimum Gasteiger partial charge on any atom is -0.461 e. The molecule has 3 aromatic rings. The fourth-order valence-corrected chi connectivity index (χ4v) is 8.88. The van der Waals surface area contributed by atoms with Crippen molar-refractivity contribution in [1.82, 2.24) is 25.5 Å². The van der Waals surface area contributed by atoms with Crippen LogP contribution in [-0.4, -0.2) is 96.7 Å². The van der Waals surface area contributed by atoms with Gasteiger partial charge in [0.2, 0.25) is 0 Å². The molecule has 3 atom stereocenters. The summed E-state index contributed by atoms with van der Waals surface area (Å²) in [6.45, 7) is 5.01. The number of imide groups is 1. The van der Waals surface area contributed by atoms with Crippen molar-refractivity contribution in [2.24, 2.45) is 0 Å². The van der Waals surface area contributed by atoms with Crippen LogP contribution in [0.4, 0.5) is 29.9 Å². The second kappa shape index (κ2) is 12.8. The number of ether oxygens (including phenoxy) is 3. The monoisotopic (exact) mass is 705 g/mol. The van der Waals surface area contributed by atoms with Crippen LogP contribution in [0.5, 0.6) is 11.8 Å². The zero-order valence-corrected chi connectivity index (χ0v) is 28.7. The Bertz CT molecular complexity index is 1930. The molecule has 2 aromatic carbocycles. The third-order valence-corrected chi connectivity index (χ3v) is 11.2. The summed E-state index contributed by atoms with van der Waals surface area (Å²) in [5.74, 6) is 0.210. The highest BCUT2D eigenvalue weighted by Crippen LogP contribution is 2.42. The van der Waals surface area contributed by atoms with Gasteiger partial charge in [0.15, 0.2) is 0 Å². The van der Waals surface area contributed by atoms with E-state index in [1.807, 2.05) is 11.8 Å². The van der Waals surface area contributed by atoms with E-state index in [0.717, 1.165) is 24.9 Å².